The van der Waals surface area contributed by atoms with Gasteiger partial charge in [0.25, 0.3) is 0 Å². The normalized spacial score (nSPS) is 20.5. The van der Waals surface area contributed by atoms with E-state index in [9.17, 15) is 5.11 Å². The Kier molecular flexibility index (Phi) is 4.49. The molecule has 0 spiro atoms. The Balaban J connectivity index is 2.19. The van der Waals surface area contributed by atoms with Gasteiger partial charge in [-0.05, 0) is 25.0 Å². The van der Waals surface area contributed by atoms with Gasteiger partial charge in [0, 0.05) is 6.54 Å². The van der Waals surface area contributed by atoms with Gasteiger partial charge in [0.2, 0.25) is 0 Å². The average Bonchev–Trinajstić information content (AvgIpc) is 2.63. The van der Waals surface area contributed by atoms with E-state index in [1.807, 2.05) is 12.1 Å². The largest absolute Gasteiger partial charge is 0.394 e. The molecule has 4 nitrogen and oxygen atoms in total. The van der Waals surface area contributed by atoms with Gasteiger partial charge in [0.15, 0.2) is 0 Å². The minimum atomic E-state index is 0.192. The van der Waals surface area contributed by atoms with Crippen molar-refractivity contribution in [2.45, 2.75) is 31.7 Å². The lowest BCUT2D eigenvalue weighted by atomic mass is 10.1. The summed E-state index contributed by atoms with van der Waals surface area (Å²) in [5.41, 5.74) is 7.22. The van der Waals surface area contributed by atoms with Crippen molar-refractivity contribution in [2.24, 2.45) is 5.73 Å². The second-order valence-corrected chi connectivity index (χ2v) is 5.08. The maximum Gasteiger partial charge on any atom is 0.122 e. The van der Waals surface area contributed by atoms with E-state index in [1.165, 1.54) is 12.8 Å². The topological polar surface area (TPSA) is 62.4 Å². The smallest absolute Gasteiger partial charge is 0.122 e. The van der Waals surface area contributed by atoms with Crippen LogP contribution in [-0.4, -0.2) is 34.3 Å². The van der Waals surface area contributed by atoms with Crippen LogP contribution in [0.15, 0.2) is 18.3 Å². The van der Waals surface area contributed by atoms with Crippen molar-refractivity contribution < 1.29 is 5.11 Å². The van der Waals surface area contributed by atoms with E-state index in [4.69, 9.17) is 18.0 Å². The molecule has 3 N–H and O–H groups in total. The molecule has 1 atom stereocenters. The van der Waals surface area contributed by atoms with E-state index >= 15 is 0 Å². The fraction of sp³-hybridized carbons (Fsp3) is 0.538. The number of nitrogens with zero attached hydrogens (tertiary/aromatic N) is 2. The quantitative estimate of drug-likeness (QED) is 0.810. The van der Waals surface area contributed by atoms with Crippen LogP contribution in [0.25, 0.3) is 0 Å². The van der Waals surface area contributed by atoms with Crippen LogP contribution in [0.1, 0.15) is 31.4 Å². The van der Waals surface area contributed by atoms with Gasteiger partial charge in [-0.2, -0.15) is 0 Å². The number of rotatable bonds is 3. The first-order valence-electron chi connectivity index (χ1n) is 6.35. The summed E-state index contributed by atoms with van der Waals surface area (Å²) in [6.07, 6.45) is 6.40. The monoisotopic (exact) mass is 265 g/mol. The molecule has 1 saturated heterocycles. The summed E-state index contributed by atoms with van der Waals surface area (Å²) in [5.74, 6) is 0. The van der Waals surface area contributed by atoms with Gasteiger partial charge in [0.05, 0.1) is 30.2 Å². The minimum absolute atomic E-state index is 0.192. The molecule has 0 bridgehead atoms. The number of aliphatic hydroxyl groups excluding tert-OH is 1. The third-order valence-electron chi connectivity index (χ3n) is 3.42. The van der Waals surface area contributed by atoms with Crippen LogP contribution in [0.5, 0.6) is 0 Å². The Bertz CT molecular complexity index is 407. The zero-order valence-corrected chi connectivity index (χ0v) is 11.2. The van der Waals surface area contributed by atoms with Crippen LogP contribution in [0.4, 0.5) is 5.69 Å². The minimum Gasteiger partial charge on any atom is -0.394 e. The van der Waals surface area contributed by atoms with Gasteiger partial charge < -0.3 is 15.7 Å². The number of hydrogen-bond donors (Lipinski definition) is 2. The SMILES string of the molecule is NC(=S)c1ccc(N2CCCCCC2CO)cn1. The molecule has 1 aromatic heterocycles. The molecule has 2 heterocycles. The van der Waals surface area contributed by atoms with Crippen LogP contribution < -0.4 is 10.6 Å². The predicted molar refractivity (Wildman–Crippen MR) is 76.8 cm³/mol. The first-order chi connectivity index (χ1) is 8.72. The van der Waals surface area contributed by atoms with Crippen molar-refractivity contribution in [3.8, 4) is 0 Å². The molecule has 1 fully saturated rings. The Hall–Kier alpha value is -1.20. The first kappa shape index (κ1) is 13.2. The van der Waals surface area contributed by atoms with Gasteiger partial charge in [-0.3, -0.25) is 4.98 Å². The Morgan fingerprint density at radius 1 is 1.44 bits per heavy atom. The molecule has 1 aliphatic rings. The Morgan fingerprint density at radius 3 is 2.89 bits per heavy atom. The average molecular weight is 265 g/mol. The van der Waals surface area contributed by atoms with Crippen molar-refractivity contribution in [1.82, 2.24) is 4.98 Å². The first-order valence-corrected chi connectivity index (χ1v) is 6.76. The lowest BCUT2D eigenvalue weighted by Gasteiger charge is -2.30. The van der Waals surface area contributed by atoms with Gasteiger partial charge in [0.1, 0.15) is 4.99 Å². The molecule has 18 heavy (non-hydrogen) atoms. The van der Waals surface area contributed by atoms with Gasteiger partial charge in [-0.25, -0.2) is 0 Å². The number of pyridine rings is 1. The highest BCUT2D eigenvalue weighted by molar-refractivity contribution is 7.80. The van der Waals surface area contributed by atoms with E-state index in [0.29, 0.717) is 10.7 Å². The number of anilines is 1. The molecule has 2 rings (SSSR count). The van der Waals surface area contributed by atoms with E-state index < -0.39 is 0 Å². The summed E-state index contributed by atoms with van der Waals surface area (Å²) in [7, 11) is 0. The molecule has 0 radical (unpaired) electrons. The lowest BCUT2D eigenvalue weighted by molar-refractivity contribution is 0.255. The van der Waals surface area contributed by atoms with Gasteiger partial charge in [-0.1, -0.05) is 25.1 Å². The van der Waals surface area contributed by atoms with E-state index in [0.717, 1.165) is 25.1 Å². The van der Waals surface area contributed by atoms with Crippen LogP contribution >= 0.6 is 12.2 Å². The van der Waals surface area contributed by atoms with Gasteiger partial charge >= 0.3 is 0 Å². The highest BCUT2D eigenvalue weighted by atomic mass is 32.1. The van der Waals surface area contributed by atoms with E-state index in [2.05, 4.69) is 9.88 Å². The lowest BCUT2D eigenvalue weighted by Crippen LogP contribution is -2.37. The third kappa shape index (κ3) is 2.97. The van der Waals surface area contributed by atoms with Crippen molar-refractivity contribution in [3.63, 3.8) is 0 Å². The summed E-state index contributed by atoms with van der Waals surface area (Å²) >= 11 is 4.89. The van der Waals surface area contributed by atoms with Crippen LogP contribution in [0.3, 0.4) is 0 Å². The van der Waals surface area contributed by atoms with E-state index in [-0.39, 0.29) is 12.6 Å². The summed E-state index contributed by atoms with van der Waals surface area (Å²) in [6, 6.07) is 4.02. The molecule has 0 aliphatic carbocycles. The highest BCUT2D eigenvalue weighted by Crippen LogP contribution is 2.23. The number of thiocarbonyl (C=S) groups is 1. The number of nitrogens with two attached hydrogens (primary N) is 1. The molecule has 1 unspecified atom stereocenters. The second-order valence-electron chi connectivity index (χ2n) is 4.65. The molecule has 0 aromatic carbocycles. The van der Waals surface area contributed by atoms with Crippen molar-refractivity contribution in [2.75, 3.05) is 18.1 Å². The second kappa shape index (κ2) is 6.11. The molecule has 0 saturated carbocycles. The fourth-order valence-corrected chi connectivity index (χ4v) is 2.53. The van der Waals surface area contributed by atoms with Crippen molar-refractivity contribution in [3.05, 3.63) is 24.0 Å². The van der Waals surface area contributed by atoms with Crippen LogP contribution in [0.2, 0.25) is 0 Å². The molecule has 1 aliphatic heterocycles. The molecule has 98 valence electrons. The molecule has 5 heteroatoms. The molecule has 1 aromatic rings. The summed E-state index contributed by atoms with van der Waals surface area (Å²) in [5, 5.41) is 9.49. The molecule has 0 amide bonds. The van der Waals surface area contributed by atoms with E-state index in [1.54, 1.807) is 6.20 Å². The van der Waals surface area contributed by atoms with Crippen LogP contribution in [-0.2, 0) is 0 Å². The zero-order chi connectivity index (χ0) is 13.0. The number of hydrogen-bond acceptors (Lipinski definition) is 4. The number of aromatic nitrogens is 1. The molecular formula is C13H19N3OS. The predicted octanol–water partition coefficient (Wildman–Crippen LogP) is 1.46. The number of aliphatic hydroxyl groups is 1. The fourth-order valence-electron chi connectivity index (χ4n) is 2.41. The highest BCUT2D eigenvalue weighted by Gasteiger charge is 2.20. The summed E-state index contributed by atoms with van der Waals surface area (Å²) in [4.78, 5) is 6.82. The maximum absolute atomic E-state index is 9.49. The standard InChI is InChI=1S/C13H19N3OS/c14-13(18)12-6-5-10(8-15-12)16-7-3-1-2-4-11(16)9-17/h5-6,8,11,17H,1-4,7,9H2,(H2,14,18). The maximum atomic E-state index is 9.49. The van der Waals surface area contributed by atoms with Crippen molar-refractivity contribution >= 4 is 22.9 Å². The Labute approximate surface area is 113 Å². The zero-order valence-electron chi connectivity index (χ0n) is 10.4. The van der Waals surface area contributed by atoms with Crippen LogP contribution in [0, 0.1) is 0 Å². The Morgan fingerprint density at radius 2 is 2.28 bits per heavy atom. The summed E-state index contributed by atoms with van der Waals surface area (Å²) < 4.78 is 0. The van der Waals surface area contributed by atoms with Gasteiger partial charge in [-0.15, -0.1) is 0 Å². The molecular weight excluding hydrogens is 246 g/mol. The summed E-state index contributed by atoms with van der Waals surface area (Å²) in [6.45, 7) is 1.16. The third-order valence-corrected chi connectivity index (χ3v) is 3.63. The van der Waals surface area contributed by atoms with Crippen molar-refractivity contribution in [1.29, 1.82) is 0 Å².